The zero-order valence-corrected chi connectivity index (χ0v) is 13.6. The summed E-state index contributed by atoms with van der Waals surface area (Å²) in [5, 5.41) is 6.65. The van der Waals surface area contributed by atoms with E-state index >= 15 is 0 Å². The highest BCUT2D eigenvalue weighted by molar-refractivity contribution is 5.88. The maximum absolute atomic E-state index is 12.4. The number of likely N-dealkylation sites (tertiary alicyclic amines) is 1. The van der Waals surface area contributed by atoms with Crippen LogP contribution in [0.3, 0.4) is 0 Å². The van der Waals surface area contributed by atoms with Gasteiger partial charge in [0.05, 0.1) is 6.42 Å². The number of aryl methyl sites for hydroxylation is 1. The van der Waals surface area contributed by atoms with E-state index in [1.807, 2.05) is 30.3 Å². The summed E-state index contributed by atoms with van der Waals surface area (Å²) in [7, 11) is 0. The quantitative estimate of drug-likeness (QED) is 0.892. The molecule has 7 nitrogen and oxygen atoms in total. The smallest absolute Gasteiger partial charge is 0.243 e. The van der Waals surface area contributed by atoms with Gasteiger partial charge in [-0.05, 0) is 18.4 Å². The molecule has 2 heterocycles. The van der Waals surface area contributed by atoms with Crippen LogP contribution >= 0.6 is 0 Å². The molecular formula is C17H20N4O3. The molecular weight excluding hydrogens is 308 g/mol. The molecule has 1 atom stereocenters. The highest BCUT2D eigenvalue weighted by Gasteiger charge is 2.34. The van der Waals surface area contributed by atoms with Gasteiger partial charge < -0.3 is 14.7 Å². The van der Waals surface area contributed by atoms with Crippen molar-refractivity contribution >= 4 is 11.8 Å². The van der Waals surface area contributed by atoms with Crippen LogP contribution in [0.15, 0.2) is 34.9 Å². The van der Waals surface area contributed by atoms with Crippen molar-refractivity contribution in [1.29, 1.82) is 0 Å². The van der Waals surface area contributed by atoms with Gasteiger partial charge in [-0.25, -0.2) is 0 Å². The SMILES string of the molecule is Cc1nc(CC(=O)N2CCCC2C(=O)NCc2ccccc2)no1. The lowest BCUT2D eigenvalue weighted by Gasteiger charge is -2.23. The fourth-order valence-corrected chi connectivity index (χ4v) is 2.89. The number of carbonyl (C=O) groups excluding carboxylic acids is 2. The Hall–Kier alpha value is -2.70. The molecule has 1 aliphatic rings. The molecule has 1 fully saturated rings. The molecule has 24 heavy (non-hydrogen) atoms. The fraction of sp³-hybridized carbons (Fsp3) is 0.412. The second-order valence-corrected chi connectivity index (χ2v) is 5.85. The zero-order chi connectivity index (χ0) is 16.9. The Morgan fingerprint density at radius 1 is 1.33 bits per heavy atom. The Kier molecular flexibility index (Phi) is 4.88. The first-order valence-electron chi connectivity index (χ1n) is 8.04. The first kappa shape index (κ1) is 16.2. The van der Waals surface area contributed by atoms with Crippen molar-refractivity contribution in [3.63, 3.8) is 0 Å². The van der Waals surface area contributed by atoms with Crippen LogP contribution in [0.4, 0.5) is 0 Å². The predicted molar refractivity (Wildman–Crippen MR) is 85.8 cm³/mol. The van der Waals surface area contributed by atoms with Gasteiger partial charge in [0.25, 0.3) is 0 Å². The van der Waals surface area contributed by atoms with Crippen molar-refractivity contribution in [2.75, 3.05) is 6.54 Å². The molecule has 1 aromatic carbocycles. The van der Waals surface area contributed by atoms with Gasteiger partial charge in [-0.15, -0.1) is 0 Å². The standard InChI is InChI=1S/C17H20N4O3/c1-12-19-15(20-24-12)10-16(22)21-9-5-8-14(21)17(23)18-11-13-6-3-2-4-7-13/h2-4,6-7,14H,5,8-11H2,1H3,(H,18,23). The molecule has 3 rings (SSSR count). The fourth-order valence-electron chi connectivity index (χ4n) is 2.89. The Labute approximate surface area is 140 Å². The molecule has 1 aromatic heterocycles. The second-order valence-electron chi connectivity index (χ2n) is 5.85. The van der Waals surface area contributed by atoms with Crippen molar-refractivity contribution in [1.82, 2.24) is 20.4 Å². The first-order chi connectivity index (χ1) is 11.6. The molecule has 2 amide bonds. The Bertz CT molecular complexity index is 714. The molecule has 2 aromatic rings. The molecule has 0 bridgehead atoms. The normalized spacial score (nSPS) is 17.0. The van der Waals surface area contributed by atoms with Crippen LogP contribution in [0.2, 0.25) is 0 Å². The van der Waals surface area contributed by atoms with Crippen molar-refractivity contribution < 1.29 is 14.1 Å². The summed E-state index contributed by atoms with van der Waals surface area (Å²) in [6.45, 7) is 2.72. The number of hydrogen-bond acceptors (Lipinski definition) is 5. The lowest BCUT2D eigenvalue weighted by molar-refractivity contribution is -0.138. The average Bonchev–Trinajstić information content (AvgIpc) is 3.22. The molecule has 0 spiro atoms. The maximum Gasteiger partial charge on any atom is 0.243 e. The minimum atomic E-state index is -0.422. The van der Waals surface area contributed by atoms with E-state index in [1.54, 1.807) is 11.8 Å². The molecule has 1 unspecified atom stereocenters. The summed E-state index contributed by atoms with van der Waals surface area (Å²) < 4.78 is 4.88. The van der Waals surface area contributed by atoms with Gasteiger partial charge in [0.2, 0.25) is 17.7 Å². The van der Waals surface area contributed by atoms with Gasteiger partial charge in [0, 0.05) is 20.0 Å². The van der Waals surface area contributed by atoms with Crippen molar-refractivity contribution in [2.45, 2.75) is 38.8 Å². The highest BCUT2D eigenvalue weighted by Crippen LogP contribution is 2.18. The lowest BCUT2D eigenvalue weighted by atomic mass is 10.2. The summed E-state index contributed by atoms with van der Waals surface area (Å²) >= 11 is 0. The third kappa shape index (κ3) is 3.79. The van der Waals surface area contributed by atoms with Gasteiger partial charge in [-0.3, -0.25) is 9.59 Å². The van der Waals surface area contributed by atoms with E-state index in [0.717, 1.165) is 12.0 Å². The minimum absolute atomic E-state index is 0.0554. The Morgan fingerprint density at radius 3 is 2.83 bits per heavy atom. The van der Waals surface area contributed by atoms with Gasteiger partial charge in [-0.1, -0.05) is 35.5 Å². The molecule has 1 aliphatic heterocycles. The first-order valence-corrected chi connectivity index (χ1v) is 8.04. The molecule has 1 saturated heterocycles. The largest absolute Gasteiger partial charge is 0.350 e. The van der Waals surface area contributed by atoms with Crippen LogP contribution < -0.4 is 5.32 Å². The van der Waals surface area contributed by atoms with Gasteiger partial charge in [0.1, 0.15) is 6.04 Å². The summed E-state index contributed by atoms with van der Waals surface area (Å²) in [6.07, 6.45) is 1.55. The number of carbonyl (C=O) groups is 2. The molecule has 1 N–H and O–H groups in total. The van der Waals surface area contributed by atoms with Crippen molar-refractivity contribution in [2.24, 2.45) is 0 Å². The number of aromatic nitrogens is 2. The van der Waals surface area contributed by atoms with Gasteiger partial charge >= 0.3 is 0 Å². The van der Waals surface area contributed by atoms with E-state index in [9.17, 15) is 9.59 Å². The molecule has 0 aliphatic carbocycles. The van der Waals surface area contributed by atoms with Crippen LogP contribution in [0, 0.1) is 6.92 Å². The summed E-state index contributed by atoms with van der Waals surface area (Å²) in [5.74, 6) is 0.520. The molecule has 0 saturated carbocycles. The summed E-state index contributed by atoms with van der Waals surface area (Å²) in [5.41, 5.74) is 1.03. The third-order valence-electron chi connectivity index (χ3n) is 4.06. The topological polar surface area (TPSA) is 88.3 Å². The number of nitrogens with zero attached hydrogens (tertiary/aromatic N) is 3. The number of rotatable bonds is 5. The summed E-state index contributed by atoms with van der Waals surface area (Å²) in [6, 6.07) is 9.28. The summed E-state index contributed by atoms with van der Waals surface area (Å²) in [4.78, 5) is 30.5. The Balaban J connectivity index is 1.57. The average molecular weight is 328 g/mol. The van der Waals surface area contributed by atoms with Gasteiger partial charge in [-0.2, -0.15) is 4.98 Å². The van der Waals surface area contributed by atoms with Crippen molar-refractivity contribution in [3.8, 4) is 0 Å². The van der Waals surface area contributed by atoms with E-state index in [4.69, 9.17) is 4.52 Å². The monoisotopic (exact) mass is 328 g/mol. The maximum atomic E-state index is 12.4. The van der Waals surface area contributed by atoms with Crippen LogP contribution in [0.25, 0.3) is 0 Å². The van der Waals surface area contributed by atoms with E-state index in [-0.39, 0.29) is 18.2 Å². The van der Waals surface area contributed by atoms with E-state index in [1.165, 1.54) is 0 Å². The third-order valence-corrected chi connectivity index (χ3v) is 4.06. The number of hydrogen-bond donors (Lipinski definition) is 1. The van der Waals surface area contributed by atoms with E-state index in [0.29, 0.717) is 31.2 Å². The number of benzene rings is 1. The van der Waals surface area contributed by atoms with E-state index in [2.05, 4.69) is 15.5 Å². The number of amides is 2. The predicted octanol–water partition coefficient (Wildman–Crippen LogP) is 1.23. The lowest BCUT2D eigenvalue weighted by Crippen LogP contribution is -2.46. The minimum Gasteiger partial charge on any atom is -0.350 e. The Morgan fingerprint density at radius 2 is 2.12 bits per heavy atom. The van der Waals surface area contributed by atoms with Gasteiger partial charge in [0.15, 0.2) is 5.82 Å². The van der Waals surface area contributed by atoms with Crippen LogP contribution in [-0.2, 0) is 22.6 Å². The van der Waals surface area contributed by atoms with E-state index < -0.39 is 6.04 Å². The number of nitrogens with one attached hydrogen (secondary N) is 1. The van der Waals surface area contributed by atoms with Crippen LogP contribution in [0.5, 0.6) is 0 Å². The van der Waals surface area contributed by atoms with Crippen molar-refractivity contribution in [3.05, 3.63) is 47.6 Å². The van der Waals surface area contributed by atoms with Crippen LogP contribution in [-0.4, -0.2) is 39.4 Å². The second kappa shape index (κ2) is 7.25. The molecule has 126 valence electrons. The molecule has 7 heteroatoms. The molecule has 0 radical (unpaired) electrons. The van der Waals surface area contributed by atoms with Crippen LogP contribution in [0.1, 0.15) is 30.1 Å². The zero-order valence-electron chi connectivity index (χ0n) is 13.6. The highest BCUT2D eigenvalue weighted by atomic mass is 16.5.